The quantitative estimate of drug-likeness (QED) is 0.741. The average Bonchev–Trinajstić information content (AvgIpc) is 2.54. The number of thioether (sulfide) groups is 1. The molecule has 0 saturated heterocycles. The topological polar surface area (TPSA) is 33.1 Å². The lowest BCUT2D eigenvalue weighted by molar-refractivity contribution is 0.437. The molecule has 0 amide bonds. The van der Waals surface area contributed by atoms with Crippen LogP contribution in [0.25, 0.3) is 0 Å². The van der Waals surface area contributed by atoms with Gasteiger partial charge in [0.1, 0.15) is 0 Å². The summed E-state index contributed by atoms with van der Waals surface area (Å²) in [7, 11) is 6.26. The molecule has 0 aliphatic rings. The highest BCUT2D eigenvalue weighted by Crippen LogP contribution is 2.24. The van der Waals surface area contributed by atoms with E-state index in [9.17, 15) is 0 Å². The first-order chi connectivity index (χ1) is 8.91. The molecule has 1 aromatic heterocycles. The Morgan fingerprint density at radius 3 is 2.63 bits per heavy atom. The van der Waals surface area contributed by atoms with Crippen molar-refractivity contribution in [2.75, 3.05) is 32.9 Å². The van der Waals surface area contributed by atoms with Crippen molar-refractivity contribution in [1.29, 1.82) is 0 Å². The van der Waals surface area contributed by atoms with E-state index in [0.29, 0.717) is 5.92 Å². The summed E-state index contributed by atoms with van der Waals surface area (Å²) < 4.78 is 2.02. The van der Waals surface area contributed by atoms with E-state index in [0.717, 1.165) is 31.1 Å². The SMILES string of the molecule is Cc1nn(C)c(SCCN(C)C)c1CNCC(C)C. The summed E-state index contributed by atoms with van der Waals surface area (Å²) >= 11 is 1.90. The molecule has 0 saturated carbocycles. The van der Waals surface area contributed by atoms with Crippen molar-refractivity contribution < 1.29 is 0 Å². The molecule has 0 fully saturated rings. The maximum atomic E-state index is 4.55. The zero-order chi connectivity index (χ0) is 14.4. The molecule has 0 atom stereocenters. The normalized spacial score (nSPS) is 11.8. The minimum Gasteiger partial charge on any atom is -0.312 e. The van der Waals surface area contributed by atoms with E-state index in [-0.39, 0.29) is 0 Å². The van der Waals surface area contributed by atoms with E-state index in [1.165, 1.54) is 10.6 Å². The molecule has 1 aromatic rings. The maximum absolute atomic E-state index is 4.55. The van der Waals surface area contributed by atoms with Crippen molar-refractivity contribution in [2.24, 2.45) is 13.0 Å². The Morgan fingerprint density at radius 1 is 1.37 bits per heavy atom. The van der Waals surface area contributed by atoms with E-state index in [1.807, 2.05) is 23.5 Å². The highest BCUT2D eigenvalue weighted by Gasteiger charge is 2.13. The Balaban J connectivity index is 2.62. The summed E-state index contributed by atoms with van der Waals surface area (Å²) in [5, 5.41) is 9.37. The lowest BCUT2D eigenvalue weighted by Crippen LogP contribution is -2.20. The smallest absolute Gasteiger partial charge is 0.0984 e. The van der Waals surface area contributed by atoms with Crippen LogP contribution in [0.2, 0.25) is 0 Å². The van der Waals surface area contributed by atoms with Crippen molar-refractivity contribution in [1.82, 2.24) is 20.0 Å². The van der Waals surface area contributed by atoms with Gasteiger partial charge in [0.15, 0.2) is 0 Å². The molecular formula is C14H28N4S. The minimum absolute atomic E-state index is 0.682. The first kappa shape index (κ1) is 16.5. The van der Waals surface area contributed by atoms with Crippen molar-refractivity contribution in [3.8, 4) is 0 Å². The number of hydrogen-bond acceptors (Lipinski definition) is 4. The van der Waals surface area contributed by atoms with Crippen LogP contribution in [0, 0.1) is 12.8 Å². The Kier molecular flexibility index (Phi) is 6.89. The first-order valence-corrected chi connectivity index (χ1v) is 7.91. The highest BCUT2D eigenvalue weighted by atomic mass is 32.2. The van der Waals surface area contributed by atoms with E-state index in [4.69, 9.17) is 0 Å². The van der Waals surface area contributed by atoms with Crippen molar-refractivity contribution >= 4 is 11.8 Å². The maximum Gasteiger partial charge on any atom is 0.0984 e. The second kappa shape index (κ2) is 7.92. The molecule has 0 spiro atoms. The van der Waals surface area contributed by atoms with Gasteiger partial charge in [-0.3, -0.25) is 4.68 Å². The third kappa shape index (κ3) is 5.55. The zero-order valence-corrected chi connectivity index (χ0v) is 14.0. The third-order valence-electron chi connectivity index (χ3n) is 2.92. The summed E-state index contributed by atoms with van der Waals surface area (Å²) in [4.78, 5) is 2.22. The van der Waals surface area contributed by atoms with Crippen LogP contribution in [-0.4, -0.2) is 47.6 Å². The molecule has 0 radical (unpaired) electrons. The fourth-order valence-electron chi connectivity index (χ4n) is 1.88. The third-order valence-corrected chi connectivity index (χ3v) is 4.09. The average molecular weight is 284 g/mol. The molecule has 0 aromatic carbocycles. The standard InChI is InChI=1S/C14H28N4S/c1-11(2)9-15-10-13-12(3)16-18(6)14(13)19-8-7-17(4)5/h11,15H,7-10H2,1-6H3. The summed E-state index contributed by atoms with van der Waals surface area (Å²) in [6.07, 6.45) is 0. The van der Waals surface area contributed by atoms with Crippen LogP contribution in [0.5, 0.6) is 0 Å². The lowest BCUT2D eigenvalue weighted by Gasteiger charge is -2.11. The largest absolute Gasteiger partial charge is 0.312 e. The van der Waals surface area contributed by atoms with Crippen molar-refractivity contribution in [3.63, 3.8) is 0 Å². The number of nitrogens with zero attached hydrogens (tertiary/aromatic N) is 3. The fourth-order valence-corrected chi connectivity index (χ4v) is 3.15. The highest BCUT2D eigenvalue weighted by molar-refractivity contribution is 7.99. The van der Waals surface area contributed by atoms with Crippen LogP contribution in [-0.2, 0) is 13.6 Å². The number of aryl methyl sites for hydroxylation is 2. The van der Waals surface area contributed by atoms with E-state index in [1.54, 1.807) is 0 Å². The van der Waals surface area contributed by atoms with Gasteiger partial charge in [0.2, 0.25) is 0 Å². The number of hydrogen-bond donors (Lipinski definition) is 1. The molecule has 0 bridgehead atoms. The molecule has 1 rings (SSSR count). The molecule has 110 valence electrons. The van der Waals surface area contributed by atoms with Crippen molar-refractivity contribution in [3.05, 3.63) is 11.3 Å². The van der Waals surface area contributed by atoms with Gasteiger partial charge < -0.3 is 10.2 Å². The molecule has 0 unspecified atom stereocenters. The van der Waals surface area contributed by atoms with Gasteiger partial charge in [-0.25, -0.2) is 0 Å². The first-order valence-electron chi connectivity index (χ1n) is 6.92. The van der Waals surface area contributed by atoms with E-state index in [2.05, 4.69) is 50.2 Å². The minimum atomic E-state index is 0.682. The van der Waals surface area contributed by atoms with Gasteiger partial charge in [0.25, 0.3) is 0 Å². The summed E-state index contributed by atoms with van der Waals surface area (Å²) in [6, 6.07) is 0. The summed E-state index contributed by atoms with van der Waals surface area (Å²) in [6.45, 7) is 9.63. The van der Waals surface area contributed by atoms with E-state index < -0.39 is 0 Å². The zero-order valence-electron chi connectivity index (χ0n) is 13.2. The second-order valence-corrected chi connectivity index (χ2v) is 6.75. The monoisotopic (exact) mass is 284 g/mol. The molecule has 5 heteroatoms. The Labute approximate surface area is 121 Å². The predicted octanol–water partition coefficient (Wildman–Crippen LogP) is 2.13. The Morgan fingerprint density at radius 2 is 2.05 bits per heavy atom. The molecule has 0 aliphatic carbocycles. The van der Waals surface area contributed by atoms with Crippen LogP contribution in [0.1, 0.15) is 25.1 Å². The molecule has 0 aliphatic heterocycles. The number of aromatic nitrogens is 2. The Hall–Kier alpha value is -0.520. The lowest BCUT2D eigenvalue weighted by atomic mass is 10.2. The van der Waals surface area contributed by atoms with Crippen LogP contribution < -0.4 is 5.32 Å². The summed E-state index contributed by atoms with van der Waals surface area (Å²) in [5.41, 5.74) is 2.50. The van der Waals surface area contributed by atoms with Crippen LogP contribution in [0.15, 0.2) is 5.03 Å². The fraction of sp³-hybridized carbons (Fsp3) is 0.786. The van der Waals surface area contributed by atoms with E-state index >= 15 is 0 Å². The molecular weight excluding hydrogens is 256 g/mol. The van der Waals surface area contributed by atoms with Crippen molar-refractivity contribution in [2.45, 2.75) is 32.3 Å². The van der Waals surface area contributed by atoms with Crippen LogP contribution >= 0.6 is 11.8 Å². The van der Waals surface area contributed by atoms with Gasteiger partial charge in [-0.15, -0.1) is 11.8 Å². The molecule has 1 N–H and O–H groups in total. The van der Waals surface area contributed by atoms with Gasteiger partial charge in [-0.05, 0) is 33.5 Å². The van der Waals surface area contributed by atoms with Crippen LogP contribution in [0.3, 0.4) is 0 Å². The predicted molar refractivity (Wildman–Crippen MR) is 83.8 cm³/mol. The van der Waals surface area contributed by atoms with Gasteiger partial charge in [0.05, 0.1) is 10.7 Å². The summed E-state index contributed by atoms with van der Waals surface area (Å²) in [5.74, 6) is 1.78. The van der Waals surface area contributed by atoms with Gasteiger partial charge >= 0.3 is 0 Å². The number of rotatable bonds is 8. The van der Waals surface area contributed by atoms with Gasteiger partial charge in [-0.1, -0.05) is 13.8 Å². The van der Waals surface area contributed by atoms with Gasteiger partial charge in [-0.2, -0.15) is 5.10 Å². The molecule has 19 heavy (non-hydrogen) atoms. The number of nitrogens with one attached hydrogen (secondary N) is 1. The van der Waals surface area contributed by atoms with Crippen LogP contribution in [0.4, 0.5) is 0 Å². The molecule has 1 heterocycles. The second-order valence-electron chi connectivity index (χ2n) is 5.67. The molecule has 4 nitrogen and oxygen atoms in total. The van der Waals surface area contributed by atoms with Gasteiger partial charge in [0, 0.05) is 31.5 Å². The Bertz CT molecular complexity index is 351.